The molecule has 0 radical (unpaired) electrons. The molecule has 1 heterocycles. The van der Waals surface area contributed by atoms with Crippen LogP contribution >= 0.6 is 0 Å². The van der Waals surface area contributed by atoms with Crippen LogP contribution in [0.3, 0.4) is 0 Å². The minimum atomic E-state index is -0.519. The fourth-order valence-corrected chi connectivity index (χ4v) is 1.52. The predicted molar refractivity (Wildman–Crippen MR) is 55.3 cm³/mol. The number of amides is 1. The number of carbonyl (C=O) groups is 2. The number of esters is 1. The van der Waals surface area contributed by atoms with E-state index in [0.717, 1.165) is 6.42 Å². The SMILES string of the molecule is CCCC(=O)NCC1(OC(C)=O)CNC1. The van der Waals surface area contributed by atoms with Gasteiger partial charge in [-0.1, -0.05) is 6.92 Å². The summed E-state index contributed by atoms with van der Waals surface area (Å²) in [5.74, 6) is -0.294. The Bertz CT molecular complexity index is 249. The number of ether oxygens (including phenoxy) is 1. The molecule has 5 heteroatoms. The van der Waals surface area contributed by atoms with E-state index in [-0.39, 0.29) is 11.9 Å². The van der Waals surface area contributed by atoms with Gasteiger partial charge in [-0.15, -0.1) is 0 Å². The minimum Gasteiger partial charge on any atom is -0.455 e. The molecule has 1 aliphatic rings. The van der Waals surface area contributed by atoms with Gasteiger partial charge in [0.2, 0.25) is 5.91 Å². The molecule has 0 aromatic carbocycles. The van der Waals surface area contributed by atoms with Crippen molar-refractivity contribution in [2.75, 3.05) is 19.6 Å². The largest absolute Gasteiger partial charge is 0.455 e. The van der Waals surface area contributed by atoms with Crippen LogP contribution < -0.4 is 10.6 Å². The Morgan fingerprint density at radius 2 is 2.13 bits per heavy atom. The van der Waals surface area contributed by atoms with E-state index in [1.165, 1.54) is 6.92 Å². The molecule has 0 spiro atoms. The second-order valence-corrected chi connectivity index (χ2v) is 3.91. The summed E-state index contributed by atoms with van der Waals surface area (Å²) in [6, 6.07) is 0. The second-order valence-electron chi connectivity index (χ2n) is 3.91. The van der Waals surface area contributed by atoms with Gasteiger partial charge >= 0.3 is 5.97 Å². The lowest BCUT2D eigenvalue weighted by atomic mass is 9.96. The summed E-state index contributed by atoms with van der Waals surface area (Å²) in [5, 5.41) is 5.81. The molecule has 0 atom stereocenters. The first-order valence-electron chi connectivity index (χ1n) is 5.25. The molecule has 0 bridgehead atoms. The number of rotatable bonds is 5. The molecule has 1 saturated heterocycles. The Balaban J connectivity index is 2.33. The lowest BCUT2D eigenvalue weighted by molar-refractivity contribution is -0.162. The van der Waals surface area contributed by atoms with Crippen LogP contribution in [0.5, 0.6) is 0 Å². The third-order valence-corrected chi connectivity index (χ3v) is 2.34. The average molecular weight is 214 g/mol. The summed E-state index contributed by atoms with van der Waals surface area (Å²) in [7, 11) is 0. The summed E-state index contributed by atoms with van der Waals surface area (Å²) in [4.78, 5) is 22.1. The molecule has 0 aromatic rings. The summed E-state index contributed by atoms with van der Waals surface area (Å²) in [6.07, 6.45) is 1.34. The van der Waals surface area contributed by atoms with Crippen molar-refractivity contribution in [1.29, 1.82) is 0 Å². The highest BCUT2D eigenvalue weighted by Gasteiger charge is 2.40. The fourth-order valence-electron chi connectivity index (χ4n) is 1.52. The van der Waals surface area contributed by atoms with Gasteiger partial charge in [-0.25, -0.2) is 0 Å². The fraction of sp³-hybridized carbons (Fsp3) is 0.800. The first kappa shape index (κ1) is 12.0. The van der Waals surface area contributed by atoms with Crippen molar-refractivity contribution < 1.29 is 14.3 Å². The van der Waals surface area contributed by atoms with Gasteiger partial charge in [0.05, 0.1) is 6.54 Å². The predicted octanol–water partition coefficient (Wildman–Crippen LogP) is -0.192. The lowest BCUT2D eigenvalue weighted by Crippen LogP contribution is -2.66. The van der Waals surface area contributed by atoms with Gasteiger partial charge in [0.25, 0.3) is 0 Å². The number of hydrogen-bond acceptors (Lipinski definition) is 4. The summed E-state index contributed by atoms with van der Waals surface area (Å²) in [6.45, 7) is 4.95. The lowest BCUT2D eigenvalue weighted by Gasteiger charge is -2.41. The van der Waals surface area contributed by atoms with E-state index < -0.39 is 5.60 Å². The maximum Gasteiger partial charge on any atom is 0.303 e. The molecule has 15 heavy (non-hydrogen) atoms. The zero-order valence-electron chi connectivity index (χ0n) is 9.26. The monoisotopic (exact) mass is 214 g/mol. The number of nitrogens with one attached hydrogen (secondary N) is 2. The van der Waals surface area contributed by atoms with E-state index in [9.17, 15) is 9.59 Å². The van der Waals surface area contributed by atoms with Gasteiger partial charge in [0.1, 0.15) is 0 Å². The smallest absolute Gasteiger partial charge is 0.303 e. The Morgan fingerprint density at radius 1 is 1.47 bits per heavy atom. The van der Waals surface area contributed by atoms with Gasteiger partial charge in [0.15, 0.2) is 5.60 Å². The van der Waals surface area contributed by atoms with Crippen molar-refractivity contribution in [3.05, 3.63) is 0 Å². The van der Waals surface area contributed by atoms with Crippen molar-refractivity contribution in [3.63, 3.8) is 0 Å². The number of hydrogen-bond donors (Lipinski definition) is 2. The first-order chi connectivity index (χ1) is 7.08. The quantitative estimate of drug-likeness (QED) is 0.622. The van der Waals surface area contributed by atoms with Crippen LogP contribution in [0, 0.1) is 0 Å². The summed E-state index contributed by atoms with van der Waals surface area (Å²) in [5.41, 5.74) is -0.519. The second kappa shape index (κ2) is 5.11. The van der Waals surface area contributed by atoms with Crippen molar-refractivity contribution in [2.45, 2.75) is 32.3 Å². The third-order valence-electron chi connectivity index (χ3n) is 2.34. The zero-order chi connectivity index (χ0) is 11.3. The average Bonchev–Trinajstić information content (AvgIpc) is 2.09. The topological polar surface area (TPSA) is 67.4 Å². The highest BCUT2D eigenvalue weighted by Crippen LogP contribution is 2.15. The van der Waals surface area contributed by atoms with Gasteiger partial charge in [-0.05, 0) is 6.42 Å². The molecule has 1 fully saturated rings. The summed E-state index contributed by atoms with van der Waals surface area (Å²) < 4.78 is 5.19. The van der Waals surface area contributed by atoms with E-state index >= 15 is 0 Å². The standard InChI is InChI=1S/C10H18N2O3/c1-3-4-9(14)12-7-10(5-11-6-10)15-8(2)13/h11H,3-7H2,1-2H3,(H,12,14). The van der Waals surface area contributed by atoms with E-state index in [4.69, 9.17) is 4.74 Å². The molecule has 0 aliphatic carbocycles. The van der Waals surface area contributed by atoms with E-state index in [0.29, 0.717) is 26.1 Å². The molecule has 2 N–H and O–H groups in total. The maximum atomic E-state index is 11.2. The van der Waals surface area contributed by atoms with E-state index in [1.807, 2.05) is 6.92 Å². The Morgan fingerprint density at radius 3 is 2.53 bits per heavy atom. The molecule has 1 rings (SSSR count). The van der Waals surface area contributed by atoms with Crippen LogP contribution in [0.15, 0.2) is 0 Å². The van der Waals surface area contributed by atoms with Crippen molar-refractivity contribution in [2.24, 2.45) is 0 Å². The van der Waals surface area contributed by atoms with Crippen LogP contribution in [0.25, 0.3) is 0 Å². The molecule has 5 nitrogen and oxygen atoms in total. The molecular weight excluding hydrogens is 196 g/mol. The van der Waals surface area contributed by atoms with Crippen molar-refractivity contribution in [1.82, 2.24) is 10.6 Å². The van der Waals surface area contributed by atoms with Crippen LogP contribution in [0.2, 0.25) is 0 Å². The normalized spacial score (nSPS) is 17.7. The number of carbonyl (C=O) groups excluding carboxylic acids is 2. The zero-order valence-corrected chi connectivity index (χ0v) is 9.26. The van der Waals surface area contributed by atoms with Crippen LogP contribution in [-0.4, -0.2) is 37.1 Å². The highest BCUT2D eigenvalue weighted by molar-refractivity contribution is 5.76. The van der Waals surface area contributed by atoms with E-state index in [2.05, 4.69) is 10.6 Å². The molecule has 0 aromatic heterocycles. The van der Waals surface area contributed by atoms with Crippen LogP contribution in [-0.2, 0) is 14.3 Å². The first-order valence-corrected chi connectivity index (χ1v) is 5.25. The van der Waals surface area contributed by atoms with E-state index in [1.54, 1.807) is 0 Å². The molecular formula is C10H18N2O3. The van der Waals surface area contributed by atoms with Crippen LogP contribution in [0.4, 0.5) is 0 Å². The van der Waals surface area contributed by atoms with Gasteiger partial charge in [0, 0.05) is 26.4 Å². The molecule has 0 unspecified atom stereocenters. The minimum absolute atomic E-state index is 0.0101. The maximum absolute atomic E-state index is 11.2. The van der Waals surface area contributed by atoms with Gasteiger partial charge < -0.3 is 15.4 Å². The molecule has 0 saturated carbocycles. The van der Waals surface area contributed by atoms with Gasteiger partial charge in [-0.3, -0.25) is 9.59 Å². The van der Waals surface area contributed by atoms with Crippen molar-refractivity contribution >= 4 is 11.9 Å². The summed E-state index contributed by atoms with van der Waals surface area (Å²) >= 11 is 0. The third kappa shape index (κ3) is 3.51. The molecule has 1 aliphatic heterocycles. The Labute approximate surface area is 89.6 Å². The van der Waals surface area contributed by atoms with Gasteiger partial charge in [-0.2, -0.15) is 0 Å². The van der Waals surface area contributed by atoms with Crippen molar-refractivity contribution in [3.8, 4) is 0 Å². The Kier molecular flexibility index (Phi) is 4.08. The van der Waals surface area contributed by atoms with Crippen LogP contribution in [0.1, 0.15) is 26.7 Å². The Hall–Kier alpha value is -1.10. The molecule has 1 amide bonds. The molecule has 86 valence electrons. The highest BCUT2D eigenvalue weighted by atomic mass is 16.6.